The number of nitrogens with zero attached hydrogens (tertiary/aromatic N) is 1. The van der Waals surface area contributed by atoms with Crippen molar-refractivity contribution in [1.82, 2.24) is 10.2 Å². The smallest absolute Gasteiger partial charge is 0.316 e. The molecular weight excluding hydrogens is 395 g/mol. The second-order valence-electron chi connectivity index (χ2n) is 6.55. The molecule has 1 aliphatic heterocycles. The standard InChI is InChI=1S/C22H16Cl2N2O2/c23-16-9-10-19(20(24)11-16)21(27)25-22(28)26-12-14-5-1-3-7-17(14)18-8-4-2-6-15(18)13-26/h1-11H,12-13H2,(H,25,27,28). The van der Waals surface area contributed by atoms with Crippen molar-refractivity contribution in [1.29, 1.82) is 0 Å². The fourth-order valence-corrected chi connectivity index (χ4v) is 3.86. The molecule has 0 saturated heterocycles. The van der Waals surface area contributed by atoms with Gasteiger partial charge in [0, 0.05) is 18.1 Å². The number of benzene rings is 3. The van der Waals surface area contributed by atoms with Gasteiger partial charge in [-0.05, 0) is 40.5 Å². The minimum atomic E-state index is -0.558. The average molecular weight is 411 g/mol. The molecule has 0 bridgehead atoms. The first-order chi connectivity index (χ1) is 13.5. The Morgan fingerprint density at radius 1 is 0.821 bits per heavy atom. The molecule has 4 rings (SSSR count). The first-order valence-electron chi connectivity index (χ1n) is 8.74. The van der Waals surface area contributed by atoms with Gasteiger partial charge in [0.15, 0.2) is 0 Å². The molecule has 0 aromatic heterocycles. The summed E-state index contributed by atoms with van der Waals surface area (Å²) in [6, 6.07) is 20.0. The van der Waals surface area contributed by atoms with Crippen LogP contribution in [0.5, 0.6) is 0 Å². The van der Waals surface area contributed by atoms with Crippen molar-refractivity contribution in [2.45, 2.75) is 13.1 Å². The van der Waals surface area contributed by atoms with Crippen LogP contribution in [0.1, 0.15) is 21.5 Å². The summed E-state index contributed by atoms with van der Waals surface area (Å²) >= 11 is 12.0. The van der Waals surface area contributed by atoms with E-state index in [1.807, 2.05) is 48.5 Å². The van der Waals surface area contributed by atoms with Crippen LogP contribution in [0.25, 0.3) is 11.1 Å². The molecule has 4 nitrogen and oxygen atoms in total. The Morgan fingerprint density at radius 2 is 1.39 bits per heavy atom. The van der Waals surface area contributed by atoms with E-state index in [0.29, 0.717) is 18.1 Å². The van der Waals surface area contributed by atoms with Gasteiger partial charge in [-0.2, -0.15) is 0 Å². The number of rotatable bonds is 1. The summed E-state index contributed by atoms with van der Waals surface area (Å²) in [6.07, 6.45) is 0. The summed E-state index contributed by atoms with van der Waals surface area (Å²) in [5.74, 6) is -0.558. The summed E-state index contributed by atoms with van der Waals surface area (Å²) in [7, 11) is 0. The SMILES string of the molecule is O=C(NC(=O)N1Cc2ccccc2-c2ccccc2C1)c1ccc(Cl)cc1Cl. The molecule has 1 aliphatic rings. The topological polar surface area (TPSA) is 49.4 Å². The van der Waals surface area contributed by atoms with E-state index in [9.17, 15) is 9.59 Å². The van der Waals surface area contributed by atoms with Gasteiger partial charge in [-0.25, -0.2) is 4.79 Å². The van der Waals surface area contributed by atoms with Crippen LogP contribution in [0.2, 0.25) is 10.0 Å². The normalized spacial score (nSPS) is 12.6. The number of halogens is 2. The molecule has 0 aliphatic carbocycles. The maximum atomic E-state index is 12.9. The molecule has 0 fully saturated rings. The monoisotopic (exact) mass is 410 g/mol. The third-order valence-electron chi connectivity index (χ3n) is 4.73. The van der Waals surface area contributed by atoms with Crippen molar-refractivity contribution in [3.8, 4) is 11.1 Å². The van der Waals surface area contributed by atoms with Crippen LogP contribution in [0, 0.1) is 0 Å². The molecule has 28 heavy (non-hydrogen) atoms. The molecule has 0 spiro atoms. The zero-order chi connectivity index (χ0) is 19.7. The Balaban J connectivity index is 1.61. The number of fused-ring (bicyclic) bond motifs is 3. The van der Waals surface area contributed by atoms with E-state index in [1.165, 1.54) is 12.1 Å². The van der Waals surface area contributed by atoms with Crippen molar-refractivity contribution < 1.29 is 9.59 Å². The quantitative estimate of drug-likeness (QED) is 0.573. The lowest BCUT2D eigenvalue weighted by Gasteiger charge is -2.21. The summed E-state index contributed by atoms with van der Waals surface area (Å²) in [5, 5.41) is 3.06. The van der Waals surface area contributed by atoms with Gasteiger partial charge in [0.1, 0.15) is 0 Å². The second-order valence-corrected chi connectivity index (χ2v) is 7.40. The number of amides is 3. The predicted octanol–water partition coefficient (Wildman–Crippen LogP) is 5.53. The highest BCUT2D eigenvalue weighted by Gasteiger charge is 2.24. The molecule has 0 radical (unpaired) electrons. The van der Waals surface area contributed by atoms with Crippen molar-refractivity contribution >= 4 is 35.1 Å². The van der Waals surface area contributed by atoms with Crippen molar-refractivity contribution in [3.05, 3.63) is 93.5 Å². The van der Waals surface area contributed by atoms with Crippen LogP contribution in [0.15, 0.2) is 66.7 Å². The lowest BCUT2D eigenvalue weighted by atomic mass is 9.97. The Morgan fingerprint density at radius 3 is 1.96 bits per heavy atom. The highest BCUT2D eigenvalue weighted by molar-refractivity contribution is 6.37. The van der Waals surface area contributed by atoms with Gasteiger partial charge in [-0.3, -0.25) is 10.1 Å². The highest BCUT2D eigenvalue weighted by Crippen LogP contribution is 2.32. The number of carbonyl (C=O) groups is 2. The highest BCUT2D eigenvalue weighted by atomic mass is 35.5. The number of hydrogen-bond donors (Lipinski definition) is 1. The third-order valence-corrected chi connectivity index (χ3v) is 5.28. The molecule has 140 valence electrons. The molecule has 3 aromatic carbocycles. The Hall–Kier alpha value is -2.82. The van der Waals surface area contributed by atoms with Crippen molar-refractivity contribution in [3.63, 3.8) is 0 Å². The van der Waals surface area contributed by atoms with Crippen LogP contribution < -0.4 is 5.32 Å². The minimum Gasteiger partial charge on any atom is -0.316 e. The zero-order valence-electron chi connectivity index (χ0n) is 14.8. The first-order valence-corrected chi connectivity index (χ1v) is 9.50. The molecule has 3 amide bonds. The Bertz CT molecular complexity index is 1030. The van der Waals surface area contributed by atoms with Gasteiger partial charge in [0.2, 0.25) is 0 Å². The van der Waals surface area contributed by atoms with Gasteiger partial charge < -0.3 is 4.90 Å². The number of nitrogens with one attached hydrogen (secondary N) is 1. The molecular formula is C22H16Cl2N2O2. The fourth-order valence-electron chi connectivity index (χ4n) is 3.37. The van der Waals surface area contributed by atoms with Crippen LogP contribution in [0.3, 0.4) is 0 Å². The van der Waals surface area contributed by atoms with E-state index in [0.717, 1.165) is 22.3 Å². The Kier molecular flexibility index (Phi) is 5.07. The average Bonchev–Trinajstić information content (AvgIpc) is 2.85. The summed E-state index contributed by atoms with van der Waals surface area (Å²) < 4.78 is 0. The summed E-state index contributed by atoms with van der Waals surface area (Å²) in [4.78, 5) is 27.0. The van der Waals surface area contributed by atoms with E-state index in [-0.39, 0.29) is 10.6 Å². The minimum absolute atomic E-state index is 0.198. The molecule has 6 heteroatoms. The number of hydrogen-bond acceptors (Lipinski definition) is 2. The van der Waals surface area contributed by atoms with E-state index < -0.39 is 11.9 Å². The molecule has 3 aromatic rings. The fraction of sp³-hybridized carbons (Fsp3) is 0.0909. The van der Waals surface area contributed by atoms with E-state index in [4.69, 9.17) is 23.2 Å². The molecule has 0 saturated carbocycles. The van der Waals surface area contributed by atoms with E-state index >= 15 is 0 Å². The van der Waals surface area contributed by atoms with Crippen molar-refractivity contribution in [2.75, 3.05) is 0 Å². The van der Waals surface area contributed by atoms with Gasteiger partial charge in [-0.1, -0.05) is 71.7 Å². The van der Waals surface area contributed by atoms with Crippen LogP contribution in [-0.2, 0) is 13.1 Å². The second kappa shape index (κ2) is 7.66. The van der Waals surface area contributed by atoms with Crippen LogP contribution >= 0.6 is 23.2 Å². The third kappa shape index (κ3) is 3.61. The van der Waals surface area contributed by atoms with Gasteiger partial charge in [0.25, 0.3) is 5.91 Å². The largest absolute Gasteiger partial charge is 0.324 e. The zero-order valence-corrected chi connectivity index (χ0v) is 16.3. The summed E-state index contributed by atoms with van der Waals surface area (Å²) in [5.41, 5.74) is 4.45. The van der Waals surface area contributed by atoms with Crippen molar-refractivity contribution in [2.24, 2.45) is 0 Å². The lowest BCUT2D eigenvalue weighted by molar-refractivity contribution is 0.0949. The lowest BCUT2D eigenvalue weighted by Crippen LogP contribution is -2.42. The molecule has 0 unspecified atom stereocenters. The number of imide groups is 1. The van der Waals surface area contributed by atoms with Gasteiger partial charge >= 0.3 is 6.03 Å². The molecule has 0 atom stereocenters. The van der Waals surface area contributed by atoms with Gasteiger partial charge in [-0.15, -0.1) is 0 Å². The van der Waals surface area contributed by atoms with E-state index in [1.54, 1.807) is 11.0 Å². The first kappa shape index (κ1) is 18.5. The van der Waals surface area contributed by atoms with Gasteiger partial charge in [0.05, 0.1) is 10.6 Å². The van der Waals surface area contributed by atoms with E-state index in [2.05, 4.69) is 5.32 Å². The van der Waals surface area contributed by atoms with Crippen LogP contribution in [0.4, 0.5) is 4.79 Å². The maximum absolute atomic E-state index is 12.9. The number of urea groups is 1. The summed E-state index contributed by atoms with van der Waals surface area (Å²) in [6.45, 7) is 0.802. The predicted molar refractivity (Wildman–Crippen MR) is 110 cm³/mol. The molecule has 1 N–H and O–H groups in total. The van der Waals surface area contributed by atoms with Crippen LogP contribution in [-0.4, -0.2) is 16.8 Å². The maximum Gasteiger partial charge on any atom is 0.324 e. The Labute approximate surface area is 172 Å². The molecule has 1 heterocycles. The number of carbonyl (C=O) groups excluding carboxylic acids is 2.